The quantitative estimate of drug-likeness (QED) is 0.514. The molecule has 3 rings (SSSR count). The van der Waals surface area contributed by atoms with Crippen LogP contribution >= 0.6 is 0 Å². The number of rotatable bonds is 4. The Hall–Kier alpha value is -2.79. The van der Waals surface area contributed by atoms with E-state index < -0.39 is 0 Å². The first-order valence-corrected chi connectivity index (χ1v) is 7.65. The van der Waals surface area contributed by atoms with Crippen LogP contribution in [-0.4, -0.2) is 35.6 Å². The molecule has 0 amide bonds. The van der Waals surface area contributed by atoms with E-state index in [0.29, 0.717) is 24.1 Å². The summed E-state index contributed by atoms with van der Waals surface area (Å²) in [4.78, 5) is 8.14. The van der Waals surface area contributed by atoms with Crippen LogP contribution in [0.3, 0.4) is 0 Å². The second kappa shape index (κ2) is 6.98. The average Bonchev–Trinajstić information content (AvgIpc) is 2.59. The fourth-order valence-electron chi connectivity index (χ4n) is 2.56. The monoisotopic (exact) mass is 312 g/mol. The molecule has 120 valence electrons. The van der Waals surface area contributed by atoms with E-state index in [1.54, 1.807) is 0 Å². The molecule has 2 aliphatic rings. The fraction of sp³-hybridized carbons (Fsp3) is 0.400. The van der Waals surface area contributed by atoms with Gasteiger partial charge in [-0.05, 0) is 25.9 Å². The molecule has 0 aromatic carbocycles. The van der Waals surface area contributed by atoms with Gasteiger partial charge in [-0.15, -0.1) is 0 Å². The predicted molar refractivity (Wildman–Crippen MR) is 86.7 cm³/mol. The molecule has 0 saturated carbocycles. The topological polar surface area (TPSA) is 124 Å². The highest BCUT2D eigenvalue weighted by atomic mass is 15.2. The van der Waals surface area contributed by atoms with Crippen LogP contribution in [-0.2, 0) is 0 Å². The van der Waals surface area contributed by atoms with Crippen molar-refractivity contribution in [3.8, 4) is 6.07 Å². The van der Waals surface area contributed by atoms with Crippen LogP contribution in [0, 0.1) is 11.3 Å². The summed E-state index contributed by atoms with van der Waals surface area (Å²) in [6.45, 7) is 2.62. The number of hydrogen-bond donors (Lipinski definition) is 5. The van der Waals surface area contributed by atoms with Gasteiger partial charge >= 0.3 is 0 Å². The lowest BCUT2D eigenvalue weighted by molar-refractivity contribution is 0.412. The van der Waals surface area contributed by atoms with E-state index in [9.17, 15) is 0 Å². The highest BCUT2D eigenvalue weighted by Crippen LogP contribution is 2.13. The Bertz CT molecular complexity index is 649. The summed E-state index contributed by atoms with van der Waals surface area (Å²) >= 11 is 0. The van der Waals surface area contributed by atoms with Gasteiger partial charge in [-0.1, -0.05) is 0 Å². The maximum atomic E-state index is 8.74. The van der Waals surface area contributed by atoms with E-state index in [1.807, 2.05) is 12.1 Å². The van der Waals surface area contributed by atoms with Gasteiger partial charge in [0.05, 0.1) is 30.3 Å². The van der Waals surface area contributed by atoms with Crippen LogP contribution in [0.2, 0.25) is 0 Å². The molecule has 8 heteroatoms. The minimum Gasteiger partial charge on any atom is -0.399 e. The molecule has 6 N–H and O–H groups in total. The van der Waals surface area contributed by atoms with Crippen molar-refractivity contribution in [3.63, 3.8) is 0 Å². The molecule has 8 nitrogen and oxygen atoms in total. The van der Waals surface area contributed by atoms with Crippen LogP contribution in [0.1, 0.15) is 18.5 Å². The highest BCUT2D eigenvalue weighted by molar-refractivity contribution is 5.44. The van der Waals surface area contributed by atoms with Gasteiger partial charge in [-0.2, -0.15) is 5.26 Å². The van der Waals surface area contributed by atoms with Crippen molar-refractivity contribution in [2.75, 3.05) is 25.0 Å². The third-order valence-electron chi connectivity index (χ3n) is 3.83. The minimum atomic E-state index is 0.290. The summed E-state index contributed by atoms with van der Waals surface area (Å²) in [7, 11) is 0. The summed E-state index contributed by atoms with van der Waals surface area (Å²) in [5, 5.41) is 21.9. The van der Waals surface area contributed by atoms with E-state index in [4.69, 9.17) is 11.0 Å². The van der Waals surface area contributed by atoms with Crippen molar-refractivity contribution in [3.05, 3.63) is 41.4 Å². The standard InChI is InChI=1S/C15H20N8/c16-6-11-7-20-15(9-19-11)23-14-5-13(12(17)8-21-14)22-10-1-3-18-4-2-10/h5,7,9-10,18,21-22H,1-4,8,17H2,(H,20,23). The number of piperidine rings is 1. The molecule has 0 unspecified atom stereocenters. The number of aromatic nitrogens is 2. The molecule has 0 aliphatic carbocycles. The summed E-state index contributed by atoms with van der Waals surface area (Å²) < 4.78 is 0. The fourth-order valence-corrected chi connectivity index (χ4v) is 2.56. The van der Waals surface area contributed by atoms with Crippen LogP contribution in [0.15, 0.2) is 35.7 Å². The van der Waals surface area contributed by atoms with Crippen molar-refractivity contribution < 1.29 is 0 Å². The predicted octanol–water partition coefficient (Wildman–Crippen LogP) is -0.283. The van der Waals surface area contributed by atoms with Crippen LogP contribution < -0.4 is 27.0 Å². The Labute approximate surface area is 134 Å². The molecule has 1 fully saturated rings. The molecule has 2 aliphatic heterocycles. The van der Waals surface area contributed by atoms with E-state index in [0.717, 1.165) is 43.1 Å². The summed E-state index contributed by atoms with van der Waals surface area (Å²) in [6.07, 6.45) is 7.08. The Balaban J connectivity index is 1.67. The van der Waals surface area contributed by atoms with Gasteiger partial charge in [0.15, 0.2) is 5.69 Å². The van der Waals surface area contributed by atoms with Gasteiger partial charge in [0, 0.05) is 12.1 Å². The van der Waals surface area contributed by atoms with Gasteiger partial charge < -0.3 is 27.0 Å². The third kappa shape index (κ3) is 3.90. The number of nitrogens with zero attached hydrogens (tertiary/aromatic N) is 3. The second-order valence-electron chi connectivity index (χ2n) is 5.54. The van der Waals surface area contributed by atoms with Crippen molar-refractivity contribution in [1.29, 1.82) is 5.26 Å². The second-order valence-corrected chi connectivity index (χ2v) is 5.54. The van der Waals surface area contributed by atoms with Crippen molar-refractivity contribution in [2.24, 2.45) is 5.73 Å². The maximum absolute atomic E-state index is 8.74. The molecule has 1 aromatic heterocycles. The summed E-state index contributed by atoms with van der Waals surface area (Å²) in [5.41, 5.74) is 8.12. The average molecular weight is 312 g/mol. The Morgan fingerprint density at radius 3 is 2.78 bits per heavy atom. The van der Waals surface area contributed by atoms with Crippen molar-refractivity contribution >= 4 is 5.82 Å². The van der Waals surface area contributed by atoms with E-state index in [2.05, 4.69) is 31.2 Å². The smallest absolute Gasteiger partial charge is 0.158 e. The molecule has 1 saturated heterocycles. The molecule has 1 aromatic rings. The van der Waals surface area contributed by atoms with Crippen molar-refractivity contribution in [2.45, 2.75) is 18.9 Å². The van der Waals surface area contributed by atoms with Gasteiger partial charge in [0.2, 0.25) is 0 Å². The number of nitriles is 1. The number of dihydropyridines is 1. The Morgan fingerprint density at radius 2 is 2.09 bits per heavy atom. The van der Waals surface area contributed by atoms with Gasteiger partial charge in [0.1, 0.15) is 17.7 Å². The zero-order valence-electron chi connectivity index (χ0n) is 12.8. The minimum absolute atomic E-state index is 0.290. The lowest BCUT2D eigenvalue weighted by atomic mass is 10.1. The lowest BCUT2D eigenvalue weighted by Gasteiger charge is -2.28. The first-order chi connectivity index (χ1) is 11.2. The number of nitrogens with two attached hydrogens (primary N) is 1. The van der Waals surface area contributed by atoms with E-state index >= 15 is 0 Å². The Kier molecular flexibility index (Phi) is 4.59. The van der Waals surface area contributed by atoms with Crippen LogP contribution in [0.4, 0.5) is 5.82 Å². The van der Waals surface area contributed by atoms with E-state index in [1.165, 1.54) is 12.4 Å². The van der Waals surface area contributed by atoms with E-state index in [-0.39, 0.29) is 0 Å². The first kappa shape index (κ1) is 15.1. The highest BCUT2D eigenvalue weighted by Gasteiger charge is 2.17. The largest absolute Gasteiger partial charge is 0.399 e. The molecular weight excluding hydrogens is 292 g/mol. The number of nitrogens with one attached hydrogen (secondary N) is 4. The van der Waals surface area contributed by atoms with Gasteiger partial charge in [0.25, 0.3) is 0 Å². The van der Waals surface area contributed by atoms with Crippen molar-refractivity contribution in [1.82, 2.24) is 25.9 Å². The van der Waals surface area contributed by atoms with Gasteiger partial charge in [-0.25, -0.2) is 9.97 Å². The third-order valence-corrected chi connectivity index (χ3v) is 3.83. The SMILES string of the molecule is N#Cc1cnc(NC2=CC(NC3CCNCC3)=C(N)CN2)cn1. The number of hydrogen-bond acceptors (Lipinski definition) is 8. The molecule has 3 heterocycles. The molecule has 0 atom stereocenters. The van der Waals surface area contributed by atoms with Crippen LogP contribution in [0.5, 0.6) is 0 Å². The summed E-state index contributed by atoms with van der Waals surface area (Å²) in [6, 6.07) is 2.39. The van der Waals surface area contributed by atoms with Crippen LogP contribution in [0.25, 0.3) is 0 Å². The Morgan fingerprint density at radius 1 is 1.26 bits per heavy atom. The molecular formula is C15H20N8. The zero-order valence-corrected chi connectivity index (χ0v) is 12.8. The molecule has 0 bridgehead atoms. The normalized spacial score (nSPS) is 18.7. The zero-order chi connectivity index (χ0) is 16.1. The molecule has 0 spiro atoms. The number of allylic oxidation sites excluding steroid dienone is 1. The molecule has 0 radical (unpaired) electrons. The molecule has 23 heavy (non-hydrogen) atoms. The maximum Gasteiger partial charge on any atom is 0.158 e. The summed E-state index contributed by atoms with van der Waals surface area (Å²) in [5.74, 6) is 1.37. The lowest BCUT2D eigenvalue weighted by Crippen LogP contribution is -2.42. The first-order valence-electron chi connectivity index (χ1n) is 7.65. The van der Waals surface area contributed by atoms with Gasteiger partial charge in [-0.3, -0.25) is 0 Å². The number of anilines is 1.